The molecule has 5 rings (SSSR count). The highest BCUT2D eigenvalue weighted by Crippen LogP contribution is 2.55. The van der Waals surface area contributed by atoms with Crippen LogP contribution in [0, 0.1) is 11.8 Å². The quantitative estimate of drug-likeness (QED) is 0.912. The Bertz CT molecular complexity index is 646. The molecule has 4 fully saturated rings. The number of likely N-dealkylation sites (tertiary alicyclic amines) is 1. The monoisotopic (exact) mass is 341 g/mol. The van der Waals surface area contributed by atoms with Crippen LogP contribution in [0.4, 0.5) is 0 Å². The summed E-state index contributed by atoms with van der Waals surface area (Å²) in [5.41, 5.74) is 0.577. The normalized spacial score (nSPS) is 37.5. The van der Waals surface area contributed by atoms with Gasteiger partial charge in [0.15, 0.2) is 0 Å². The van der Waals surface area contributed by atoms with Gasteiger partial charge in [-0.25, -0.2) is 0 Å². The molecule has 4 aliphatic rings. The van der Waals surface area contributed by atoms with Gasteiger partial charge in [0.1, 0.15) is 5.69 Å². The Labute approximate surface area is 149 Å². The van der Waals surface area contributed by atoms with Gasteiger partial charge in [-0.3, -0.25) is 14.7 Å². The summed E-state index contributed by atoms with van der Waals surface area (Å²) in [6, 6.07) is 6.23. The average Bonchev–Trinajstić information content (AvgIpc) is 3.40. The van der Waals surface area contributed by atoms with E-state index in [1.54, 1.807) is 12.3 Å². The molecule has 1 aliphatic carbocycles. The van der Waals surface area contributed by atoms with Crippen LogP contribution in [0.25, 0.3) is 0 Å². The number of amides is 1. The number of aromatic nitrogens is 1. The lowest BCUT2D eigenvalue weighted by Gasteiger charge is -2.29. The molecule has 1 N–H and O–H groups in total. The van der Waals surface area contributed by atoms with Gasteiger partial charge in [-0.05, 0) is 37.8 Å². The Balaban J connectivity index is 1.26. The van der Waals surface area contributed by atoms with Crippen molar-refractivity contribution in [3.8, 4) is 0 Å². The van der Waals surface area contributed by atoms with Crippen molar-refractivity contribution in [3.63, 3.8) is 0 Å². The molecule has 4 heterocycles. The number of ether oxygens (including phenoxy) is 1. The molecule has 1 saturated carbocycles. The molecule has 0 unspecified atom stereocenters. The molecule has 3 saturated heterocycles. The zero-order chi connectivity index (χ0) is 16.9. The number of rotatable bonds is 4. The predicted octanol–water partition coefficient (Wildman–Crippen LogP) is 2.23. The molecule has 1 spiro atoms. The van der Waals surface area contributed by atoms with Crippen LogP contribution in [0.1, 0.15) is 49.0 Å². The Morgan fingerprint density at radius 1 is 1.32 bits per heavy atom. The first kappa shape index (κ1) is 15.8. The first-order valence-corrected chi connectivity index (χ1v) is 9.86. The highest BCUT2D eigenvalue weighted by Gasteiger charge is 2.63. The number of hydrogen-bond acceptors (Lipinski definition) is 4. The average molecular weight is 341 g/mol. The van der Waals surface area contributed by atoms with E-state index < -0.39 is 0 Å². The SMILES string of the molecule is O=C(NC[C@H]1[C@H]2CN(C3CCCC3)C[C@]23CC[C@H]1O3)c1ccccn1. The minimum atomic E-state index is -0.0666. The topological polar surface area (TPSA) is 54.5 Å². The van der Waals surface area contributed by atoms with Crippen LogP contribution in [0.15, 0.2) is 24.4 Å². The minimum Gasteiger partial charge on any atom is -0.370 e. The van der Waals surface area contributed by atoms with Crippen molar-refractivity contribution in [3.05, 3.63) is 30.1 Å². The van der Waals surface area contributed by atoms with Gasteiger partial charge in [-0.1, -0.05) is 18.9 Å². The molecule has 1 aromatic heterocycles. The first-order chi connectivity index (χ1) is 12.3. The summed E-state index contributed by atoms with van der Waals surface area (Å²) in [5, 5.41) is 3.12. The maximum Gasteiger partial charge on any atom is 0.269 e. The Morgan fingerprint density at radius 3 is 3.00 bits per heavy atom. The molecule has 3 aliphatic heterocycles. The Morgan fingerprint density at radius 2 is 2.20 bits per heavy atom. The van der Waals surface area contributed by atoms with Gasteiger partial charge in [0.25, 0.3) is 5.91 Å². The second kappa shape index (κ2) is 6.06. The fourth-order valence-corrected chi connectivity index (χ4v) is 5.85. The van der Waals surface area contributed by atoms with Gasteiger partial charge in [-0.15, -0.1) is 0 Å². The molecule has 134 valence electrons. The van der Waals surface area contributed by atoms with E-state index in [1.165, 1.54) is 32.1 Å². The summed E-state index contributed by atoms with van der Waals surface area (Å²) in [6.45, 7) is 2.99. The Hall–Kier alpha value is -1.46. The molecular formula is C20H27N3O2. The molecule has 2 bridgehead atoms. The minimum absolute atomic E-state index is 0.0666. The van der Waals surface area contributed by atoms with Crippen LogP contribution in [-0.4, -0.2) is 53.2 Å². The van der Waals surface area contributed by atoms with Gasteiger partial charge in [0, 0.05) is 43.7 Å². The van der Waals surface area contributed by atoms with E-state index in [1.807, 2.05) is 12.1 Å². The van der Waals surface area contributed by atoms with E-state index in [9.17, 15) is 4.79 Å². The fraction of sp³-hybridized carbons (Fsp3) is 0.700. The molecule has 5 heteroatoms. The fourth-order valence-electron chi connectivity index (χ4n) is 5.85. The van der Waals surface area contributed by atoms with E-state index in [-0.39, 0.29) is 11.5 Å². The van der Waals surface area contributed by atoms with Crippen LogP contribution in [0.3, 0.4) is 0 Å². The maximum absolute atomic E-state index is 12.3. The molecule has 1 amide bonds. The van der Waals surface area contributed by atoms with E-state index in [4.69, 9.17) is 4.74 Å². The third-order valence-electron chi connectivity index (χ3n) is 7.05. The van der Waals surface area contributed by atoms with Crippen molar-refractivity contribution in [2.45, 2.75) is 56.3 Å². The number of carbonyl (C=O) groups excluding carboxylic acids is 1. The summed E-state index contributed by atoms with van der Waals surface area (Å²) in [7, 11) is 0. The van der Waals surface area contributed by atoms with Crippen molar-refractivity contribution in [1.29, 1.82) is 0 Å². The molecule has 0 aromatic carbocycles. The second-order valence-electron chi connectivity index (χ2n) is 8.32. The van der Waals surface area contributed by atoms with Crippen LogP contribution < -0.4 is 5.32 Å². The summed E-state index contributed by atoms with van der Waals surface area (Å²) < 4.78 is 6.52. The number of nitrogens with one attached hydrogen (secondary N) is 1. The number of nitrogens with zero attached hydrogens (tertiary/aromatic N) is 2. The van der Waals surface area contributed by atoms with Crippen molar-refractivity contribution in [1.82, 2.24) is 15.2 Å². The smallest absolute Gasteiger partial charge is 0.269 e. The van der Waals surface area contributed by atoms with Gasteiger partial charge in [0.2, 0.25) is 0 Å². The van der Waals surface area contributed by atoms with Crippen molar-refractivity contribution in [2.75, 3.05) is 19.6 Å². The van der Waals surface area contributed by atoms with Gasteiger partial charge >= 0.3 is 0 Å². The highest BCUT2D eigenvalue weighted by molar-refractivity contribution is 5.92. The van der Waals surface area contributed by atoms with Crippen molar-refractivity contribution in [2.24, 2.45) is 11.8 Å². The van der Waals surface area contributed by atoms with E-state index in [0.29, 0.717) is 30.2 Å². The molecule has 0 radical (unpaired) electrons. The van der Waals surface area contributed by atoms with Crippen LogP contribution in [0.5, 0.6) is 0 Å². The van der Waals surface area contributed by atoms with Gasteiger partial charge < -0.3 is 10.1 Å². The Kier molecular flexibility index (Phi) is 3.82. The lowest BCUT2D eigenvalue weighted by molar-refractivity contribution is -0.000875. The largest absolute Gasteiger partial charge is 0.370 e. The lowest BCUT2D eigenvalue weighted by Crippen LogP contribution is -2.42. The number of pyridine rings is 1. The van der Waals surface area contributed by atoms with E-state index >= 15 is 0 Å². The van der Waals surface area contributed by atoms with Crippen LogP contribution >= 0.6 is 0 Å². The summed E-state index contributed by atoms with van der Waals surface area (Å²) in [5.74, 6) is 0.965. The van der Waals surface area contributed by atoms with Gasteiger partial charge in [0.05, 0.1) is 11.7 Å². The molecule has 25 heavy (non-hydrogen) atoms. The summed E-state index contributed by atoms with van der Waals surface area (Å²) in [4.78, 5) is 19.2. The standard InChI is InChI=1S/C20H27N3O2/c24-19(17-7-3-4-10-21-17)22-11-15-16-12-23(14-5-1-2-6-14)13-20(16)9-8-18(15)25-20/h3-4,7,10,14-16,18H,1-2,5-6,8-9,11-13H2,(H,22,24)/t15-,16+,18+,20+/m0/s1. The van der Waals surface area contributed by atoms with Crippen molar-refractivity contribution >= 4 is 5.91 Å². The van der Waals surface area contributed by atoms with Crippen LogP contribution in [0.2, 0.25) is 0 Å². The van der Waals surface area contributed by atoms with E-state index in [0.717, 1.165) is 25.6 Å². The number of fused-ring (bicyclic) bond motifs is 1. The molecular weight excluding hydrogens is 314 g/mol. The molecule has 5 nitrogen and oxygen atoms in total. The zero-order valence-electron chi connectivity index (χ0n) is 14.7. The predicted molar refractivity (Wildman–Crippen MR) is 94.2 cm³/mol. The third kappa shape index (κ3) is 2.59. The van der Waals surface area contributed by atoms with Crippen molar-refractivity contribution < 1.29 is 9.53 Å². The third-order valence-corrected chi connectivity index (χ3v) is 7.05. The summed E-state index contributed by atoms with van der Waals surface area (Å²) in [6.07, 6.45) is 9.83. The first-order valence-electron chi connectivity index (χ1n) is 9.86. The highest BCUT2D eigenvalue weighted by atomic mass is 16.5. The molecule has 1 aromatic rings. The van der Waals surface area contributed by atoms with Crippen LogP contribution in [-0.2, 0) is 4.74 Å². The molecule has 4 atom stereocenters. The number of carbonyl (C=O) groups is 1. The maximum atomic E-state index is 12.3. The zero-order valence-corrected chi connectivity index (χ0v) is 14.7. The number of hydrogen-bond donors (Lipinski definition) is 1. The second-order valence-corrected chi connectivity index (χ2v) is 8.32. The lowest BCUT2D eigenvalue weighted by atomic mass is 9.73. The summed E-state index contributed by atoms with van der Waals surface area (Å²) >= 11 is 0. The van der Waals surface area contributed by atoms with E-state index in [2.05, 4.69) is 15.2 Å². The van der Waals surface area contributed by atoms with Gasteiger partial charge in [-0.2, -0.15) is 0 Å².